The number of aromatic nitrogens is 2. The molecule has 0 bridgehead atoms. The van der Waals surface area contributed by atoms with Gasteiger partial charge in [-0.05, 0) is 25.9 Å². The minimum Gasteiger partial charge on any atom is -0.383 e. The van der Waals surface area contributed by atoms with Crippen LogP contribution in [0.5, 0.6) is 0 Å². The SMILES string of the molecule is Nc1cc(=O)[nH]c(SCCN2CCCCC2)n1. The summed E-state index contributed by atoms with van der Waals surface area (Å²) in [7, 11) is 0. The molecule has 6 heteroatoms. The van der Waals surface area contributed by atoms with Crippen LogP contribution in [-0.4, -0.2) is 40.3 Å². The lowest BCUT2D eigenvalue weighted by Gasteiger charge is -2.25. The Balaban J connectivity index is 1.79. The van der Waals surface area contributed by atoms with Crippen molar-refractivity contribution in [3.63, 3.8) is 0 Å². The maximum Gasteiger partial charge on any atom is 0.253 e. The van der Waals surface area contributed by atoms with Crippen LogP contribution in [0, 0.1) is 0 Å². The van der Waals surface area contributed by atoms with E-state index in [9.17, 15) is 4.79 Å². The minimum absolute atomic E-state index is 0.182. The molecule has 0 radical (unpaired) electrons. The number of rotatable bonds is 4. The number of nitrogens with two attached hydrogens (primary N) is 1. The van der Waals surface area contributed by atoms with Crippen molar-refractivity contribution >= 4 is 17.6 Å². The van der Waals surface area contributed by atoms with Crippen molar-refractivity contribution in [2.75, 3.05) is 31.1 Å². The Bertz CT molecular complexity index is 414. The Kier molecular flexibility index (Phi) is 4.44. The van der Waals surface area contributed by atoms with Gasteiger partial charge in [-0.15, -0.1) is 0 Å². The molecule has 1 fully saturated rings. The average molecular weight is 254 g/mol. The number of aromatic amines is 1. The number of anilines is 1. The lowest BCUT2D eigenvalue weighted by atomic mass is 10.1. The van der Waals surface area contributed by atoms with Gasteiger partial charge in [0, 0.05) is 18.4 Å². The molecule has 0 aromatic carbocycles. The predicted molar refractivity (Wildman–Crippen MR) is 70.3 cm³/mol. The van der Waals surface area contributed by atoms with E-state index in [1.165, 1.54) is 38.4 Å². The summed E-state index contributed by atoms with van der Waals surface area (Å²) in [6, 6.07) is 1.30. The Morgan fingerprint density at radius 3 is 2.88 bits per heavy atom. The van der Waals surface area contributed by atoms with Crippen molar-refractivity contribution in [2.45, 2.75) is 24.4 Å². The van der Waals surface area contributed by atoms with E-state index in [0.29, 0.717) is 5.16 Å². The Hall–Kier alpha value is -1.01. The molecule has 1 aliphatic rings. The zero-order valence-corrected chi connectivity index (χ0v) is 10.6. The highest BCUT2D eigenvalue weighted by Crippen LogP contribution is 2.14. The van der Waals surface area contributed by atoms with Crippen LogP contribution in [0.3, 0.4) is 0 Å². The van der Waals surface area contributed by atoms with Crippen LogP contribution >= 0.6 is 11.8 Å². The largest absolute Gasteiger partial charge is 0.383 e. The molecule has 0 amide bonds. The number of nitrogens with one attached hydrogen (secondary N) is 1. The van der Waals surface area contributed by atoms with Gasteiger partial charge in [0.2, 0.25) is 0 Å². The first-order chi connectivity index (χ1) is 8.24. The summed E-state index contributed by atoms with van der Waals surface area (Å²) < 4.78 is 0. The van der Waals surface area contributed by atoms with Gasteiger partial charge in [-0.25, -0.2) is 4.98 Å². The fraction of sp³-hybridized carbons (Fsp3) is 0.636. The lowest BCUT2D eigenvalue weighted by molar-refractivity contribution is 0.242. The van der Waals surface area contributed by atoms with E-state index in [2.05, 4.69) is 14.9 Å². The summed E-state index contributed by atoms with van der Waals surface area (Å²) in [5.74, 6) is 1.22. The van der Waals surface area contributed by atoms with Crippen molar-refractivity contribution in [1.29, 1.82) is 0 Å². The molecule has 17 heavy (non-hydrogen) atoms. The van der Waals surface area contributed by atoms with Gasteiger partial charge in [0.25, 0.3) is 5.56 Å². The summed E-state index contributed by atoms with van der Waals surface area (Å²) >= 11 is 1.55. The second-order valence-corrected chi connectivity index (χ2v) is 5.31. The molecule has 1 saturated heterocycles. The summed E-state index contributed by atoms with van der Waals surface area (Å²) in [6.45, 7) is 3.44. The summed E-state index contributed by atoms with van der Waals surface area (Å²) in [5.41, 5.74) is 5.34. The van der Waals surface area contributed by atoms with E-state index in [4.69, 9.17) is 5.73 Å². The van der Waals surface area contributed by atoms with Gasteiger partial charge in [0.05, 0.1) is 0 Å². The van der Waals surface area contributed by atoms with Crippen LogP contribution in [0.25, 0.3) is 0 Å². The molecule has 1 aromatic heterocycles. The standard InChI is InChI=1S/C11H18N4OS/c12-9-8-10(16)14-11(13-9)17-7-6-15-4-2-1-3-5-15/h8H,1-7H2,(H3,12,13,14,16). The Labute approximate surface area is 105 Å². The molecule has 0 atom stereocenters. The van der Waals surface area contributed by atoms with Crippen LogP contribution in [0.15, 0.2) is 16.0 Å². The maximum absolute atomic E-state index is 11.2. The summed E-state index contributed by atoms with van der Waals surface area (Å²) in [4.78, 5) is 20.4. The second-order valence-electron chi connectivity index (χ2n) is 4.23. The van der Waals surface area contributed by atoms with Crippen molar-refractivity contribution in [3.05, 3.63) is 16.4 Å². The monoisotopic (exact) mass is 254 g/mol. The van der Waals surface area contributed by atoms with Crippen molar-refractivity contribution in [1.82, 2.24) is 14.9 Å². The number of hydrogen-bond donors (Lipinski definition) is 2. The number of hydrogen-bond acceptors (Lipinski definition) is 5. The number of thioether (sulfide) groups is 1. The summed E-state index contributed by atoms with van der Waals surface area (Å²) in [6.07, 6.45) is 3.96. The van der Waals surface area contributed by atoms with Gasteiger partial charge >= 0.3 is 0 Å². The number of H-pyrrole nitrogens is 1. The first-order valence-electron chi connectivity index (χ1n) is 5.96. The molecule has 0 spiro atoms. The highest BCUT2D eigenvalue weighted by molar-refractivity contribution is 7.99. The number of piperidine rings is 1. The van der Waals surface area contributed by atoms with Gasteiger partial charge in [-0.2, -0.15) is 0 Å². The van der Waals surface area contributed by atoms with Crippen molar-refractivity contribution < 1.29 is 0 Å². The third-order valence-electron chi connectivity index (χ3n) is 2.83. The molecule has 1 aromatic rings. The van der Waals surface area contributed by atoms with Gasteiger partial charge in [0.15, 0.2) is 5.16 Å². The molecule has 0 saturated carbocycles. The molecule has 3 N–H and O–H groups in total. The molecule has 5 nitrogen and oxygen atoms in total. The molecule has 0 aliphatic carbocycles. The Morgan fingerprint density at radius 2 is 2.18 bits per heavy atom. The van der Waals surface area contributed by atoms with Gasteiger partial charge in [-0.1, -0.05) is 18.2 Å². The highest BCUT2D eigenvalue weighted by Gasteiger charge is 2.09. The maximum atomic E-state index is 11.2. The van der Waals surface area contributed by atoms with Crippen LogP contribution in [0.4, 0.5) is 5.82 Å². The van der Waals surface area contributed by atoms with Gasteiger partial charge in [0.1, 0.15) is 5.82 Å². The lowest BCUT2D eigenvalue weighted by Crippen LogP contribution is -2.31. The van der Waals surface area contributed by atoms with Crippen LogP contribution in [0.1, 0.15) is 19.3 Å². The zero-order valence-electron chi connectivity index (χ0n) is 9.82. The quantitative estimate of drug-likeness (QED) is 0.617. The predicted octanol–water partition coefficient (Wildman–Crippen LogP) is 0.930. The second kappa shape index (κ2) is 6.07. The van der Waals surface area contributed by atoms with E-state index in [0.717, 1.165) is 12.3 Å². The van der Waals surface area contributed by atoms with E-state index >= 15 is 0 Å². The molecular weight excluding hydrogens is 236 g/mol. The molecule has 0 unspecified atom stereocenters. The third-order valence-corrected chi connectivity index (χ3v) is 3.69. The minimum atomic E-state index is -0.182. The van der Waals surface area contributed by atoms with E-state index < -0.39 is 0 Å². The molecular formula is C11H18N4OS. The summed E-state index contributed by atoms with van der Waals surface area (Å²) in [5, 5.41) is 0.618. The van der Waals surface area contributed by atoms with Crippen LogP contribution in [0.2, 0.25) is 0 Å². The number of likely N-dealkylation sites (tertiary alicyclic amines) is 1. The van der Waals surface area contributed by atoms with Crippen molar-refractivity contribution in [3.8, 4) is 0 Å². The molecule has 94 valence electrons. The van der Waals surface area contributed by atoms with E-state index in [1.54, 1.807) is 11.8 Å². The fourth-order valence-corrected chi connectivity index (χ4v) is 2.86. The fourth-order valence-electron chi connectivity index (χ4n) is 1.98. The van der Waals surface area contributed by atoms with Crippen LogP contribution < -0.4 is 11.3 Å². The van der Waals surface area contributed by atoms with E-state index in [-0.39, 0.29) is 11.4 Å². The van der Waals surface area contributed by atoms with E-state index in [1.807, 2.05) is 0 Å². The highest BCUT2D eigenvalue weighted by atomic mass is 32.2. The molecule has 1 aliphatic heterocycles. The number of nitrogens with zero attached hydrogens (tertiary/aromatic N) is 2. The third kappa shape index (κ3) is 4.05. The van der Waals surface area contributed by atoms with Crippen molar-refractivity contribution in [2.24, 2.45) is 0 Å². The topological polar surface area (TPSA) is 75.0 Å². The average Bonchev–Trinajstić information content (AvgIpc) is 2.29. The van der Waals surface area contributed by atoms with Gasteiger partial charge < -0.3 is 15.6 Å². The number of nitrogen functional groups attached to an aromatic ring is 1. The zero-order chi connectivity index (χ0) is 12.1. The van der Waals surface area contributed by atoms with Crippen LogP contribution in [-0.2, 0) is 0 Å². The smallest absolute Gasteiger partial charge is 0.253 e. The first kappa shape index (κ1) is 12.4. The molecule has 2 heterocycles. The Morgan fingerprint density at radius 1 is 1.41 bits per heavy atom. The normalized spacial score (nSPS) is 17.2. The first-order valence-corrected chi connectivity index (χ1v) is 6.94. The van der Waals surface area contributed by atoms with Gasteiger partial charge in [-0.3, -0.25) is 4.79 Å². The molecule has 2 rings (SSSR count).